The minimum atomic E-state index is -0.148. The van der Waals surface area contributed by atoms with Gasteiger partial charge in [-0.15, -0.1) is 0 Å². The van der Waals surface area contributed by atoms with Gasteiger partial charge in [-0.3, -0.25) is 0 Å². The van der Waals surface area contributed by atoms with Gasteiger partial charge in [0.05, 0.1) is 5.69 Å². The Hall–Kier alpha value is -1.13. The van der Waals surface area contributed by atoms with Gasteiger partial charge in [-0.2, -0.15) is 0 Å². The first-order chi connectivity index (χ1) is 10.1. The molecule has 3 nitrogen and oxygen atoms in total. The molecule has 1 aromatic rings. The molecular formula is C17H27FN2O. The van der Waals surface area contributed by atoms with E-state index < -0.39 is 0 Å². The SMILES string of the molecule is CCC(N)Cc1ccc(N(C)CC2CCOCC2)c(F)c1. The summed E-state index contributed by atoms with van der Waals surface area (Å²) < 4.78 is 19.7. The van der Waals surface area contributed by atoms with Crippen LogP contribution in [0.25, 0.3) is 0 Å². The molecule has 1 aliphatic rings. The van der Waals surface area contributed by atoms with E-state index >= 15 is 0 Å². The van der Waals surface area contributed by atoms with Crippen LogP contribution >= 0.6 is 0 Å². The lowest BCUT2D eigenvalue weighted by molar-refractivity contribution is 0.0685. The maximum absolute atomic E-state index is 14.3. The van der Waals surface area contributed by atoms with E-state index in [9.17, 15) is 4.39 Å². The first-order valence-electron chi connectivity index (χ1n) is 7.93. The van der Waals surface area contributed by atoms with Gasteiger partial charge in [0.15, 0.2) is 0 Å². The van der Waals surface area contributed by atoms with Gasteiger partial charge in [-0.25, -0.2) is 4.39 Å². The standard InChI is InChI=1S/C17H27FN2O/c1-3-15(19)10-14-4-5-17(16(18)11-14)20(2)12-13-6-8-21-9-7-13/h4-5,11,13,15H,3,6-10,12,19H2,1-2H3. The van der Waals surface area contributed by atoms with Gasteiger partial charge in [0.1, 0.15) is 5.82 Å². The zero-order chi connectivity index (χ0) is 15.2. The fourth-order valence-electron chi connectivity index (χ4n) is 2.85. The summed E-state index contributed by atoms with van der Waals surface area (Å²) in [4.78, 5) is 2.02. The molecule has 21 heavy (non-hydrogen) atoms. The minimum Gasteiger partial charge on any atom is -0.381 e. The van der Waals surface area contributed by atoms with E-state index in [1.54, 1.807) is 6.07 Å². The number of nitrogens with zero attached hydrogens (tertiary/aromatic N) is 1. The van der Waals surface area contributed by atoms with Crippen molar-refractivity contribution in [3.63, 3.8) is 0 Å². The van der Waals surface area contributed by atoms with Crippen LogP contribution in [0.4, 0.5) is 10.1 Å². The lowest BCUT2D eigenvalue weighted by atomic mass is 9.99. The molecule has 0 saturated carbocycles. The summed E-state index contributed by atoms with van der Waals surface area (Å²) in [7, 11) is 1.96. The van der Waals surface area contributed by atoms with Crippen LogP contribution in [-0.4, -0.2) is 32.8 Å². The second-order valence-electron chi connectivity index (χ2n) is 6.09. The monoisotopic (exact) mass is 294 g/mol. The maximum atomic E-state index is 14.3. The van der Waals surface area contributed by atoms with Crippen LogP contribution in [0.3, 0.4) is 0 Å². The molecule has 1 heterocycles. The molecular weight excluding hydrogens is 267 g/mol. The van der Waals surface area contributed by atoms with Crippen molar-refractivity contribution in [2.24, 2.45) is 11.7 Å². The smallest absolute Gasteiger partial charge is 0.146 e. The molecule has 0 spiro atoms. The zero-order valence-electron chi connectivity index (χ0n) is 13.1. The van der Waals surface area contributed by atoms with Crippen molar-refractivity contribution >= 4 is 5.69 Å². The highest BCUT2D eigenvalue weighted by molar-refractivity contribution is 5.48. The molecule has 1 aromatic carbocycles. The number of ether oxygens (including phenoxy) is 1. The van der Waals surface area contributed by atoms with Crippen molar-refractivity contribution in [2.45, 2.75) is 38.6 Å². The van der Waals surface area contributed by atoms with Crippen molar-refractivity contribution in [2.75, 3.05) is 31.7 Å². The third kappa shape index (κ3) is 4.68. The average Bonchev–Trinajstić information content (AvgIpc) is 2.48. The van der Waals surface area contributed by atoms with Gasteiger partial charge in [-0.05, 0) is 49.3 Å². The van der Waals surface area contributed by atoms with Gasteiger partial charge < -0.3 is 15.4 Å². The highest BCUT2D eigenvalue weighted by Crippen LogP contribution is 2.23. The van der Waals surface area contributed by atoms with Gasteiger partial charge in [0, 0.05) is 32.8 Å². The number of hydrogen-bond acceptors (Lipinski definition) is 3. The molecule has 118 valence electrons. The first kappa shape index (κ1) is 16.2. The van der Waals surface area contributed by atoms with Crippen molar-refractivity contribution < 1.29 is 9.13 Å². The highest BCUT2D eigenvalue weighted by atomic mass is 19.1. The summed E-state index contributed by atoms with van der Waals surface area (Å²) in [5.41, 5.74) is 7.59. The Bertz CT molecular complexity index is 446. The first-order valence-corrected chi connectivity index (χ1v) is 7.93. The summed E-state index contributed by atoms with van der Waals surface area (Å²) >= 11 is 0. The van der Waals surface area contributed by atoms with E-state index in [1.165, 1.54) is 0 Å². The summed E-state index contributed by atoms with van der Waals surface area (Å²) in [5, 5.41) is 0. The second-order valence-corrected chi connectivity index (χ2v) is 6.09. The molecule has 1 fully saturated rings. The molecule has 0 radical (unpaired) electrons. The van der Waals surface area contributed by atoms with Gasteiger partial charge in [-0.1, -0.05) is 13.0 Å². The topological polar surface area (TPSA) is 38.5 Å². The number of benzene rings is 1. The summed E-state index contributed by atoms with van der Waals surface area (Å²) in [6.45, 7) is 4.59. The van der Waals surface area contributed by atoms with E-state index in [-0.39, 0.29) is 11.9 Å². The molecule has 2 N–H and O–H groups in total. The van der Waals surface area contributed by atoms with E-state index in [0.29, 0.717) is 11.6 Å². The summed E-state index contributed by atoms with van der Waals surface area (Å²) in [6, 6.07) is 5.61. The number of anilines is 1. The molecule has 1 aliphatic heterocycles. The van der Waals surface area contributed by atoms with E-state index in [4.69, 9.17) is 10.5 Å². The van der Waals surface area contributed by atoms with Crippen LogP contribution in [0.1, 0.15) is 31.7 Å². The van der Waals surface area contributed by atoms with Crippen molar-refractivity contribution in [1.29, 1.82) is 0 Å². The quantitative estimate of drug-likeness (QED) is 0.876. The fourth-order valence-corrected chi connectivity index (χ4v) is 2.85. The maximum Gasteiger partial charge on any atom is 0.146 e. The summed E-state index contributed by atoms with van der Waals surface area (Å²) in [5.74, 6) is 0.446. The third-order valence-electron chi connectivity index (χ3n) is 4.32. The van der Waals surface area contributed by atoms with E-state index in [1.807, 2.05) is 24.1 Å². The zero-order valence-corrected chi connectivity index (χ0v) is 13.1. The molecule has 0 amide bonds. The molecule has 1 saturated heterocycles. The molecule has 2 rings (SSSR count). The predicted octanol–water partition coefficient (Wildman–Crippen LogP) is 2.97. The molecule has 0 aliphatic carbocycles. The van der Waals surface area contributed by atoms with Crippen molar-refractivity contribution in [3.8, 4) is 0 Å². The van der Waals surface area contributed by atoms with Gasteiger partial charge in [0.2, 0.25) is 0 Å². The molecule has 0 aromatic heterocycles. The molecule has 1 unspecified atom stereocenters. The third-order valence-corrected chi connectivity index (χ3v) is 4.32. The Morgan fingerprint density at radius 2 is 2.10 bits per heavy atom. The average molecular weight is 294 g/mol. The Balaban J connectivity index is 1.98. The predicted molar refractivity (Wildman–Crippen MR) is 85.2 cm³/mol. The molecule has 1 atom stereocenters. The van der Waals surface area contributed by atoms with Crippen LogP contribution in [0.2, 0.25) is 0 Å². The van der Waals surface area contributed by atoms with Gasteiger partial charge >= 0.3 is 0 Å². The van der Waals surface area contributed by atoms with Crippen LogP contribution in [-0.2, 0) is 11.2 Å². The molecule has 0 bridgehead atoms. The van der Waals surface area contributed by atoms with E-state index in [0.717, 1.165) is 51.0 Å². The van der Waals surface area contributed by atoms with E-state index in [2.05, 4.69) is 6.92 Å². The highest BCUT2D eigenvalue weighted by Gasteiger charge is 2.17. The number of hydrogen-bond donors (Lipinski definition) is 1. The fraction of sp³-hybridized carbons (Fsp3) is 0.647. The van der Waals surface area contributed by atoms with Crippen LogP contribution in [0, 0.1) is 11.7 Å². The lowest BCUT2D eigenvalue weighted by Gasteiger charge is -2.28. The Kier molecular flexibility index (Phi) is 6.00. The normalized spacial score (nSPS) is 17.7. The Morgan fingerprint density at radius 3 is 2.71 bits per heavy atom. The second kappa shape index (κ2) is 7.76. The lowest BCUT2D eigenvalue weighted by Crippen LogP contribution is -2.30. The largest absolute Gasteiger partial charge is 0.381 e. The summed E-state index contributed by atoms with van der Waals surface area (Å²) in [6.07, 6.45) is 3.77. The van der Waals surface area contributed by atoms with Crippen LogP contribution < -0.4 is 10.6 Å². The van der Waals surface area contributed by atoms with Crippen molar-refractivity contribution in [3.05, 3.63) is 29.6 Å². The van der Waals surface area contributed by atoms with Crippen LogP contribution in [0.15, 0.2) is 18.2 Å². The van der Waals surface area contributed by atoms with Crippen LogP contribution in [0.5, 0.6) is 0 Å². The number of halogens is 1. The Morgan fingerprint density at radius 1 is 1.38 bits per heavy atom. The minimum absolute atomic E-state index is 0.107. The number of rotatable bonds is 6. The molecule has 4 heteroatoms. The number of nitrogens with two attached hydrogens (primary N) is 1. The van der Waals surface area contributed by atoms with Gasteiger partial charge in [0.25, 0.3) is 0 Å². The Labute approximate surface area is 127 Å². The van der Waals surface area contributed by atoms with Crippen molar-refractivity contribution in [1.82, 2.24) is 0 Å².